The van der Waals surface area contributed by atoms with Crippen molar-refractivity contribution in [3.05, 3.63) is 35.4 Å². The lowest BCUT2D eigenvalue weighted by molar-refractivity contribution is 0.0743. The monoisotopic (exact) mass is 262 g/mol. The van der Waals surface area contributed by atoms with E-state index < -0.39 is 0 Å². The van der Waals surface area contributed by atoms with Crippen LogP contribution in [-0.2, 0) is 11.3 Å². The Balaban J connectivity index is 2.13. The molecule has 1 heterocycles. The lowest BCUT2D eigenvalue weighted by Crippen LogP contribution is -2.34. The quantitative estimate of drug-likeness (QED) is 0.897. The van der Waals surface area contributed by atoms with Gasteiger partial charge in [0.25, 0.3) is 5.91 Å². The lowest BCUT2D eigenvalue weighted by atomic mass is 10.1. The molecule has 2 atom stereocenters. The number of nitrogens with two attached hydrogens (primary N) is 1. The van der Waals surface area contributed by atoms with Crippen molar-refractivity contribution in [1.29, 1.82) is 0 Å². The standard InChI is InChI=1S/C15H22N2O2/c1-11-6-13(8-16)9-17(11)15(18)14-5-3-4-12(7-14)10-19-2/h3-5,7,11,13H,6,8-10,16H2,1-2H3. The molecule has 0 radical (unpaired) electrons. The summed E-state index contributed by atoms with van der Waals surface area (Å²) < 4.78 is 5.10. The van der Waals surface area contributed by atoms with Gasteiger partial charge in [0.2, 0.25) is 0 Å². The summed E-state index contributed by atoms with van der Waals surface area (Å²) >= 11 is 0. The molecule has 1 aromatic rings. The highest BCUT2D eigenvalue weighted by atomic mass is 16.5. The van der Waals surface area contributed by atoms with E-state index in [-0.39, 0.29) is 11.9 Å². The molecule has 2 rings (SSSR count). The smallest absolute Gasteiger partial charge is 0.254 e. The predicted octanol–water partition coefficient (Wildman–Crippen LogP) is 1.64. The topological polar surface area (TPSA) is 55.6 Å². The second-order valence-electron chi connectivity index (χ2n) is 5.28. The number of benzene rings is 1. The van der Waals surface area contributed by atoms with E-state index in [1.165, 1.54) is 0 Å². The second-order valence-corrected chi connectivity index (χ2v) is 5.28. The molecule has 0 saturated carbocycles. The minimum absolute atomic E-state index is 0.0985. The van der Waals surface area contributed by atoms with Gasteiger partial charge in [-0.2, -0.15) is 0 Å². The van der Waals surface area contributed by atoms with Crippen molar-refractivity contribution >= 4 is 5.91 Å². The Morgan fingerprint density at radius 2 is 2.32 bits per heavy atom. The van der Waals surface area contributed by atoms with Crippen LogP contribution in [0.5, 0.6) is 0 Å². The number of methoxy groups -OCH3 is 1. The number of carbonyl (C=O) groups excluding carboxylic acids is 1. The molecule has 1 aliphatic rings. The fourth-order valence-corrected chi connectivity index (χ4v) is 2.72. The first-order chi connectivity index (χ1) is 9.15. The normalized spacial score (nSPS) is 22.8. The van der Waals surface area contributed by atoms with Crippen LogP contribution in [0.1, 0.15) is 29.3 Å². The highest BCUT2D eigenvalue weighted by molar-refractivity contribution is 5.94. The van der Waals surface area contributed by atoms with E-state index in [0.717, 1.165) is 24.1 Å². The van der Waals surface area contributed by atoms with Gasteiger partial charge in [-0.25, -0.2) is 0 Å². The number of likely N-dealkylation sites (tertiary alicyclic amines) is 1. The minimum atomic E-state index is 0.0985. The van der Waals surface area contributed by atoms with Gasteiger partial charge in [0.15, 0.2) is 0 Å². The van der Waals surface area contributed by atoms with Crippen molar-refractivity contribution in [2.24, 2.45) is 11.7 Å². The van der Waals surface area contributed by atoms with Crippen LogP contribution in [0.3, 0.4) is 0 Å². The zero-order valence-corrected chi connectivity index (χ0v) is 11.6. The number of hydrogen-bond donors (Lipinski definition) is 1. The molecule has 1 amide bonds. The fraction of sp³-hybridized carbons (Fsp3) is 0.533. The van der Waals surface area contributed by atoms with Gasteiger partial charge in [-0.05, 0) is 43.5 Å². The Labute approximate surface area is 114 Å². The average molecular weight is 262 g/mol. The van der Waals surface area contributed by atoms with Crippen molar-refractivity contribution in [3.8, 4) is 0 Å². The summed E-state index contributed by atoms with van der Waals surface area (Å²) in [7, 11) is 1.66. The fourth-order valence-electron chi connectivity index (χ4n) is 2.72. The Morgan fingerprint density at radius 1 is 1.53 bits per heavy atom. The van der Waals surface area contributed by atoms with Gasteiger partial charge in [0, 0.05) is 25.3 Å². The van der Waals surface area contributed by atoms with Gasteiger partial charge in [0.1, 0.15) is 0 Å². The third kappa shape index (κ3) is 3.14. The predicted molar refractivity (Wildman–Crippen MR) is 74.8 cm³/mol. The highest BCUT2D eigenvalue weighted by Gasteiger charge is 2.31. The highest BCUT2D eigenvalue weighted by Crippen LogP contribution is 2.24. The number of carbonyl (C=O) groups is 1. The average Bonchev–Trinajstić information content (AvgIpc) is 2.80. The number of nitrogens with zero attached hydrogens (tertiary/aromatic N) is 1. The molecule has 2 N–H and O–H groups in total. The van der Waals surface area contributed by atoms with Crippen LogP contribution >= 0.6 is 0 Å². The van der Waals surface area contributed by atoms with E-state index in [9.17, 15) is 4.79 Å². The maximum absolute atomic E-state index is 12.5. The van der Waals surface area contributed by atoms with Gasteiger partial charge in [-0.15, -0.1) is 0 Å². The molecule has 104 valence electrons. The maximum Gasteiger partial charge on any atom is 0.254 e. The SMILES string of the molecule is COCc1cccc(C(=O)N2CC(CN)CC2C)c1. The van der Waals surface area contributed by atoms with Gasteiger partial charge in [-0.1, -0.05) is 12.1 Å². The molecular weight excluding hydrogens is 240 g/mol. The summed E-state index contributed by atoms with van der Waals surface area (Å²) in [5.74, 6) is 0.530. The first-order valence-electron chi connectivity index (χ1n) is 6.74. The summed E-state index contributed by atoms with van der Waals surface area (Å²) in [4.78, 5) is 14.5. The number of rotatable bonds is 4. The zero-order valence-electron chi connectivity index (χ0n) is 11.6. The molecule has 19 heavy (non-hydrogen) atoms. The van der Waals surface area contributed by atoms with Crippen molar-refractivity contribution < 1.29 is 9.53 Å². The van der Waals surface area contributed by atoms with Crippen LogP contribution in [0, 0.1) is 5.92 Å². The number of hydrogen-bond acceptors (Lipinski definition) is 3. The molecule has 1 aromatic carbocycles. The molecule has 1 fully saturated rings. The summed E-state index contributed by atoms with van der Waals surface area (Å²) in [5, 5.41) is 0. The van der Waals surface area contributed by atoms with Crippen molar-refractivity contribution in [3.63, 3.8) is 0 Å². The van der Waals surface area contributed by atoms with Crippen molar-refractivity contribution in [1.82, 2.24) is 4.90 Å². The molecule has 1 saturated heterocycles. The molecule has 0 aliphatic carbocycles. The van der Waals surface area contributed by atoms with E-state index in [1.807, 2.05) is 29.2 Å². The lowest BCUT2D eigenvalue weighted by Gasteiger charge is -2.21. The third-order valence-electron chi connectivity index (χ3n) is 3.74. The molecule has 0 aromatic heterocycles. The summed E-state index contributed by atoms with van der Waals surface area (Å²) in [6.07, 6.45) is 1.00. The van der Waals surface area contributed by atoms with E-state index in [4.69, 9.17) is 10.5 Å². The summed E-state index contributed by atoms with van der Waals surface area (Å²) in [5.41, 5.74) is 7.47. The van der Waals surface area contributed by atoms with Crippen LogP contribution in [0.25, 0.3) is 0 Å². The van der Waals surface area contributed by atoms with Crippen LogP contribution in [0.15, 0.2) is 24.3 Å². The van der Waals surface area contributed by atoms with Crippen molar-refractivity contribution in [2.45, 2.75) is 26.0 Å². The molecule has 4 nitrogen and oxygen atoms in total. The van der Waals surface area contributed by atoms with Crippen LogP contribution < -0.4 is 5.73 Å². The molecule has 0 spiro atoms. The van der Waals surface area contributed by atoms with Crippen molar-refractivity contribution in [2.75, 3.05) is 20.2 Å². The molecule has 1 aliphatic heterocycles. The summed E-state index contributed by atoms with van der Waals surface area (Å²) in [6.45, 7) is 4.04. The van der Waals surface area contributed by atoms with Gasteiger partial charge in [0.05, 0.1) is 6.61 Å². The van der Waals surface area contributed by atoms with Gasteiger partial charge in [-0.3, -0.25) is 4.79 Å². The molecule has 0 bridgehead atoms. The number of amides is 1. The van der Waals surface area contributed by atoms with Gasteiger partial charge < -0.3 is 15.4 Å². The Hall–Kier alpha value is -1.39. The van der Waals surface area contributed by atoms with E-state index in [1.54, 1.807) is 7.11 Å². The van der Waals surface area contributed by atoms with E-state index in [2.05, 4.69) is 6.92 Å². The second kappa shape index (κ2) is 6.17. The number of ether oxygens (including phenoxy) is 1. The van der Waals surface area contributed by atoms with E-state index in [0.29, 0.717) is 19.1 Å². The Morgan fingerprint density at radius 3 is 2.95 bits per heavy atom. The third-order valence-corrected chi connectivity index (χ3v) is 3.74. The largest absolute Gasteiger partial charge is 0.380 e. The van der Waals surface area contributed by atoms with E-state index >= 15 is 0 Å². The van der Waals surface area contributed by atoms with Crippen LogP contribution in [-0.4, -0.2) is 37.0 Å². The minimum Gasteiger partial charge on any atom is -0.380 e. The Bertz CT molecular complexity index is 448. The van der Waals surface area contributed by atoms with Crippen LogP contribution in [0.2, 0.25) is 0 Å². The van der Waals surface area contributed by atoms with Gasteiger partial charge >= 0.3 is 0 Å². The first-order valence-corrected chi connectivity index (χ1v) is 6.74. The molecule has 2 unspecified atom stereocenters. The first kappa shape index (κ1) is 14.0. The molecular formula is C15H22N2O2. The maximum atomic E-state index is 12.5. The zero-order chi connectivity index (χ0) is 13.8. The molecule has 4 heteroatoms. The summed E-state index contributed by atoms with van der Waals surface area (Å²) in [6, 6.07) is 7.92. The Kier molecular flexibility index (Phi) is 4.56. The van der Waals surface area contributed by atoms with Crippen LogP contribution in [0.4, 0.5) is 0 Å².